The number of carbonyl (C=O) groups is 2. The molecule has 5 heteroatoms. The number of esters is 1. The van der Waals surface area contributed by atoms with Crippen LogP contribution in [0.2, 0.25) is 0 Å². The number of anilines is 1. The molecule has 0 spiro atoms. The number of benzene rings is 1. The van der Waals surface area contributed by atoms with Crippen molar-refractivity contribution in [1.82, 2.24) is 0 Å². The Morgan fingerprint density at radius 2 is 2.00 bits per heavy atom. The van der Waals surface area contributed by atoms with Crippen LogP contribution in [0.15, 0.2) is 47.2 Å². The van der Waals surface area contributed by atoms with Crippen molar-refractivity contribution >= 4 is 35.0 Å². The van der Waals surface area contributed by atoms with Crippen LogP contribution in [-0.2, 0) is 9.53 Å². The summed E-state index contributed by atoms with van der Waals surface area (Å²) in [4.78, 5) is 23.1. The minimum absolute atomic E-state index is 0.133. The van der Waals surface area contributed by atoms with Crippen LogP contribution in [0.5, 0.6) is 0 Å². The van der Waals surface area contributed by atoms with Gasteiger partial charge in [-0.3, -0.25) is 4.79 Å². The Bertz CT molecular complexity index is 630. The van der Waals surface area contributed by atoms with Gasteiger partial charge >= 0.3 is 5.97 Å². The quantitative estimate of drug-likeness (QED) is 0.678. The summed E-state index contributed by atoms with van der Waals surface area (Å²) in [5.41, 5.74) is 2.21. The van der Waals surface area contributed by atoms with E-state index in [1.807, 2.05) is 17.5 Å². The third kappa shape index (κ3) is 4.57. The molecule has 1 amide bonds. The van der Waals surface area contributed by atoms with E-state index in [0.717, 1.165) is 5.56 Å². The molecule has 0 aliphatic heterocycles. The first kappa shape index (κ1) is 15.0. The summed E-state index contributed by atoms with van der Waals surface area (Å²) in [6.45, 7) is 2.12. The van der Waals surface area contributed by atoms with Crippen molar-refractivity contribution in [3.05, 3.63) is 58.3 Å². The third-order valence-corrected chi connectivity index (χ3v) is 3.33. The number of hydrogen-bond acceptors (Lipinski definition) is 4. The van der Waals surface area contributed by atoms with Gasteiger partial charge in [-0.05, 0) is 42.1 Å². The van der Waals surface area contributed by atoms with Crippen LogP contribution in [0.25, 0.3) is 6.08 Å². The van der Waals surface area contributed by atoms with Crippen LogP contribution in [-0.4, -0.2) is 18.5 Å². The molecular weight excluding hydrogens is 286 g/mol. The second-order valence-corrected chi connectivity index (χ2v) is 4.95. The summed E-state index contributed by atoms with van der Waals surface area (Å²) >= 11 is 1.48. The van der Waals surface area contributed by atoms with E-state index in [2.05, 4.69) is 5.32 Å². The van der Waals surface area contributed by atoms with Crippen LogP contribution in [0.4, 0.5) is 5.69 Å². The fraction of sp³-hybridized carbons (Fsp3) is 0.125. The Hall–Kier alpha value is -2.40. The maximum Gasteiger partial charge on any atom is 0.330 e. The highest BCUT2D eigenvalue weighted by atomic mass is 32.1. The molecule has 2 aromatic rings. The number of nitrogens with one attached hydrogen (secondary N) is 1. The number of thiophene rings is 1. The first-order valence-corrected chi connectivity index (χ1v) is 7.42. The van der Waals surface area contributed by atoms with E-state index in [0.29, 0.717) is 17.9 Å². The van der Waals surface area contributed by atoms with E-state index in [-0.39, 0.29) is 11.9 Å². The van der Waals surface area contributed by atoms with Gasteiger partial charge in [-0.1, -0.05) is 12.1 Å². The van der Waals surface area contributed by atoms with Gasteiger partial charge in [-0.2, -0.15) is 11.3 Å². The third-order valence-electron chi connectivity index (χ3n) is 2.65. The van der Waals surface area contributed by atoms with Crippen molar-refractivity contribution in [3.8, 4) is 0 Å². The molecular formula is C16H15NO3S. The molecule has 0 saturated carbocycles. The summed E-state index contributed by atoms with van der Waals surface area (Å²) in [6, 6.07) is 8.98. The summed E-state index contributed by atoms with van der Waals surface area (Å²) in [5, 5.41) is 6.47. The lowest BCUT2D eigenvalue weighted by molar-refractivity contribution is -0.137. The lowest BCUT2D eigenvalue weighted by Crippen LogP contribution is -2.10. The van der Waals surface area contributed by atoms with E-state index < -0.39 is 0 Å². The summed E-state index contributed by atoms with van der Waals surface area (Å²) in [5.74, 6) is -0.501. The van der Waals surface area contributed by atoms with E-state index in [4.69, 9.17) is 4.74 Å². The van der Waals surface area contributed by atoms with E-state index >= 15 is 0 Å². The Balaban J connectivity index is 1.96. The summed E-state index contributed by atoms with van der Waals surface area (Å²) < 4.78 is 4.80. The zero-order valence-corrected chi connectivity index (χ0v) is 12.4. The van der Waals surface area contributed by atoms with Gasteiger partial charge in [0, 0.05) is 17.1 Å². The van der Waals surface area contributed by atoms with Gasteiger partial charge in [0.15, 0.2) is 0 Å². The second kappa shape index (κ2) is 7.40. The Morgan fingerprint density at radius 3 is 2.62 bits per heavy atom. The van der Waals surface area contributed by atoms with Crippen molar-refractivity contribution in [1.29, 1.82) is 0 Å². The first-order chi connectivity index (χ1) is 10.2. The normalized spacial score (nSPS) is 10.5. The second-order valence-electron chi connectivity index (χ2n) is 4.17. The number of amides is 1. The SMILES string of the molecule is CCOC(=O)/C=C/c1ccc(NC(=O)c2ccsc2)cc1. The van der Waals surface area contributed by atoms with Crippen LogP contribution >= 0.6 is 11.3 Å². The molecule has 0 atom stereocenters. The van der Waals surface area contributed by atoms with Crippen LogP contribution in [0.3, 0.4) is 0 Å². The average Bonchev–Trinajstić information content (AvgIpc) is 3.01. The van der Waals surface area contributed by atoms with Gasteiger partial charge in [-0.25, -0.2) is 4.79 Å². The number of rotatable bonds is 5. The van der Waals surface area contributed by atoms with Gasteiger partial charge in [0.2, 0.25) is 0 Å². The molecule has 1 heterocycles. The minimum Gasteiger partial charge on any atom is -0.463 e. The Morgan fingerprint density at radius 1 is 1.24 bits per heavy atom. The fourth-order valence-corrected chi connectivity index (χ4v) is 2.27. The van der Waals surface area contributed by atoms with Gasteiger partial charge in [0.1, 0.15) is 0 Å². The fourth-order valence-electron chi connectivity index (χ4n) is 1.63. The van der Waals surface area contributed by atoms with Gasteiger partial charge in [0.25, 0.3) is 5.91 Å². The lowest BCUT2D eigenvalue weighted by atomic mass is 10.2. The van der Waals surface area contributed by atoms with E-state index in [9.17, 15) is 9.59 Å². The molecule has 0 saturated heterocycles. The highest BCUT2D eigenvalue weighted by molar-refractivity contribution is 7.08. The minimum atomic E-state index is -0.368. The highest BCUT2D eigenvalue weighted by Gasteiger charge is 2.05. The Labute approximate surface area is 127 Å². The molecule has 0 fully saturated rings. The predicted molar refractivity (Wildman–Crippen MR) is 84.4 cm³/mol. The molecule has 0 aliphatic rings. The first-order valence-electron chi connectivity index (χ1n) is 6.47. The highest BCUT2D eigenvalue weighted by Crippen LogP contribution is 2.13. The molecule has 2 rings (SSSR count). The molecule has 1 aromatic heterocycles. The van der Waals surface area contributed by atoms with E-state index in [1.165, 1.54) is 17.4 Å². The van der Waals surface area contributed by atoms with Gasteiger partial charge < -0.3 is 10.1 Å². The standard InChI is InChI=1S/C16H15NO3S/c1-2-20-15(18)8-5-12-3-6-14(7-4-12)17-16(19)13-9-10-21-11-13/h3-11H,2H2,1H3,(H,17,19)/b8-5+. The number of carbonyl (C=O) groups excluding carboxylic acids is 2. The molecule has 0 bridgehead atoms. The van der Waals surface area contributed by atoms with Gasteiger partial charge in [0.05, 0.1) is 12.2 Å². The number of ether oxygens (including phenoxy) is 1. The van der Waals surface area contributed by atoms with Crippen molar-refractivity contribution < 1.29 is 14.3 Å². The van der Waals surface area contributed by atoms with Crippen molar-refractivity contribution in [2.75, 3.05) is 11.9 Å². The van der Waals surface area contributed by atoms with Crippen LogP contribution < -0.4 is 5.32 Å². The van der Waals surface area contributed by atoms with Crippen molar-refractivity contribution in [3.63, 3.8) is 0 Å². The molecule has 21 heavy (non-hydrogen) atoms. The molecule has 1 N–H and O–H groups in total. The molecule has 0 radical (unpaired) electrons. The molecule has 0 unspecified atom stereocenters. The maximum absolute atomic E-state index is 11.9. The maximum atomic E-state index is 11.9. The summed E-state index contributed by atoms with van der Waals surface area (Å²) in [6.07, 6.45) is 3.05. The molecule has 1 aromatic carbocycles. The summed E-state index contributed by atoms with van der Waals surface area (Å²) in [7, 11) is 0. The monoisotopic (exact) mass is 301 g/mol. The largest absolute Gasteiger partial charge is 0.463 e. The van der Waals surface area contributed by atoms with Crippen LogP contribution in [0, 0.1) is 0 Å². The average molecular weight is 301 g/mol. The van der Waals surface area contributed by atoms with Crippen molar-refractivity contribution in [2.24, 2.45) is 0 Å². The van der Waals surface area contributed by atoms with Crippen LogP contribution in [0.1, 0.15) is 22.8 Å². The molecule has 108 valence electrons. The Kier molecular flexibility index (Phi) is 5.29. The topological polar surface area (TPSA) is 55.4 Å². The van der Waals surface area contributed by atoms with E-state index in [1.54, 1.807) is 36.6 Å². The molecule has 4 nitrogen and oxygen atoms in total. The predicted octanol–water partition coefficient (Wildman–Crippen LogP) is 3.58. The number of hydrogen-bond donors (Lipinski definition) is 1. The van der Waals surface area contributed by atoms with Gasteiger partial charge in [-0.15, -0.1) is 0 Å². The lowest BCUT2D eigenvalue weighted by Gasteiger charge is -2.04. The smallest absolute Gasteiger partial charge is 0.330 e. The zero-order valence-electron chi connectivity index (χ0n) is 11.5. The zero-order chi connectivity index (χ0) is 15.1. The van der Waals surface area contributed by atoms with Crippen molar-refractivity contribution in [2.45, 2.75) is 6.92 Å². The molecule has 0 aliphatic carbocycles.